The number of hydrogen-bond acceptors (Lipinski definition) is 4. The third-order valence-electron chi connectivity index (χ3n) is 5.71. The van der Waals surface area contributed by atoms with E-state index in [1.165, 1.54) is 36.4 Å². The van der Waals surface area contributed by atoms with Crippen LogP contribution in [-0.2, 0) is 0 Å². The largest absolute Gasteiger partial charge is 0.349 e. The predicted octanol–water partition coefficient (Wildman–Crippen LogP) is 5.39. The highest BCUT2D eigenvalue weighted by Crippen LogP contribution is 2.38. The molecule has 0 aromatic heterocycles. The van der Waals surface area contributed by atoms with Gasteiger partial charge < -0.3 is 0 Å². The fourth-order valence-electron chi connectivity index (χ4n) is 4.20. The Kier molecular flexibility index (Phi) is 5.05. The standard InChI is InChI=1S/C22H24N4O3/c1-15-8-13-19-20(14-15)25(17-9-11-18(12-10-17)26(28)29)22(27)24(2)23-21(19)16-6-4-3-5-7-16/h8-14,16H,3-7H2,1-2H3. The highest BCUT2D eigenvalue weighted by Gasteiger charge is 2.32. The van der Waals surface area contributed by atoms with Gasteiger partial charge in [-0.25, -0.2) is 9.80 Å². The van der Waals surface area contributed by atoms with Crippen molar-refractivity contribution in [1.82, 2.24) is 5.01 Å². The molecular formula is C22H24N4O3. The molecule has 0 N–H and O–H groups in total. The highest BCUT2D eigenvalue weighted by molar-refractivity contribution is 6.13. The number of nitro groups is 1. The third-order valence-corrected chi connectivity index (χ3v) is 5.71. The first-order valence-corrected chi connectivity index (χ1v) is 9.97. The lowest BCUT2D eigenvalue weighted by molar-refractivity contribution is -0.384. The molecule has 0 bridgehead atoms. The summed E-state index contributed by atoms with van der Waals surface area (Å²) in [6, 6.07) is 11.9. The number of hydrogen-bond donors (Lipinski definition) is 0. The Hall–Kier alpha value is -3.22. The molecule has 2 aromatic rings. The lowest BCUT2D eigenvalue weighted by atomic mass is 9.82. The molecule has 1 aliphatic heterocycles. The van der Waals surface area contributed by atoms with E-state index in [1.807, 2.05) is 25.1 Å². The Labute approximate surface area is 169 Å². The molecule has 29 heavy (non-hydrogen) atoms. The van der Waals surface area contributed by atoms with Gasteiger partial charge in [-0.1, -0.05) is 31.4 Å². The quantitative estimate of drug-likeness (QED) is 0.519. The summed E-state index contributed by atoms with van der Waals surface area (Å²) in [4.78, 5) is 25.5. The van der Waals surface area contributed by atoms with Crippen LogP contribution in [0, 0.1) is 23.0 Å². The normalized spacial score (nSPS) is 17.6. The molecule has 0 saturated heterocycles. The molecule has 4 rings (SSSR count). The third kappa shape index (κ3) is 3.60. The summed E-state index contributed by atoms with van der Waals surface area (Å²) in [5.41, 5.74) is 4.31. The summed E-state index contributed by atoms with van der Waals surface area (Å²) >= 11 is 0. The van der Waals surface area contributed by atoms with Crippen molar-refractivity contribution < 1.29 is 9.72 Å². The van der Waals surface area contributed by atoms with Gasteiger partial charge in [0.25, 0.3) is 5.69 Å². The van der Waals surface area contributed by atoms with E-state index in [4.69, 9.17) is 5.10 Å². The number of amides is 2. The van der Waals surface area contributed by atoms with Gasteiger partial charge in [-0.15, -0.1) is 0 Å². The predicted molar refractivity (Wildman–Crippen MR) is 113 cm³/mol. The second-order valence-electron chi connectivity index (χ2n) is 7.76. The van der Waals surface area contributed by atoms with Crippen LogP contribution in [-0.4, -0.2) is 28.7 Å². The smallest absolute Gasteiger partial charge is 0.261 e. The van der Waals surface area contributed by atoms with Crippen LogP contribution >= 0.6 is 0 Å². The second kappa shape index (κ2) is 7.66. The Balaban J connectivity index is 1.84. The Bertz CT molecular complexity index is 978. The number of aryl methyl sites for hydroxylation is 1. The number of carbonyl (C=O) groups is 1. The molecule has 2 amide bonds. The number of anilines is 2. The number of fused-ring (bicyclic) bond motifs is 1. The zero-order valence-corrected chi connectivity index (χ0v) is 16.7. The monoisotopic (exact) mass is 392 g/mol. The number of nitro benzene ring substituents is 1. The van der Waals surface area contributed by atoms with Crippen molar-refractivity contribution in [1.29, 1.82) is 0 Å². The van der Waals surface area contributed by atoms with Crippen LogP contribution in [0.3, 0.4) is 0 Å². The first-order chi connectivity index (χ1) is 14.0. The Morgan fingerprint density at radius 1 is 1.07 bits per heavy atom. The second-order valence-corrected chi connectivity index (χ2v) is 7.76. The van der Waals surface area contributed by atoms with Gasteiger partial charge in [0.1, 0.15) is 0 Å². The lowest BCUT2D eigenvalue weighted by Crippen LogP contribution is -2.34. The minimum Gasteiger partial charge on any atom is -0.261 e. The number of rotatable bonds is 3. The van der Waals surface area contributed by atoms with E-state index < -0.39 is 4.92 Å². The van der Waals surface area contributed by atoms with Gasteiger partial charge in [-0.05, 0) is 43.5 Å². The average molecular weight is 392 g/mol. The van der Waals surface area contributed by atoms with Crippen molar-refractivity contribution >= 4 is 28.8 Å². The van der Waals surface area contributed by atoms with E-state index in [2.05, 4.69) is 0 Å². The van der Waals surface area contributed by atoms with Crippen molar-refractivity contribution in [3.8, 4) is 0 Å². The first-order valence-electron chi connectivity index (χ1n) is 9.97. The lowest BCUT2D eigenvalue weighted by Gasteiger charge is -2.26. The SMILES string of the molecule is Cc1ccc2c(c1)N(c1ccc([N+](=O)[O-])cc1)C(=O)N(C)N=C2C1CCCCC1. The minimum absolute atomic E-state index is 0.00649. The molecule has 7 nitrogen and oxygen atoms in total. The Morgan fingerprint density at radius 3 is 2.41 bits per heavy atom. The summed E-state index contributed by atoms with van der Waals surface area (Å²) in [5, 5.41) is 17.1. The number of hydrazone groups is 1. The summed E-state index contributed by atoms with van der Waals surface area (Å²) in [6.07, 6.45) is 5.74. The maximum absolute atomic E-state index is 13.3. The molecule has 2 aromatic carbocycles. The Morgan fingerprint density at radius 2 is 1.76 bits per heavy atom. The summed E-state index contributed by atoms with van der Waals surface area (Å²) in [6.45, 7) is 1.99. The van der Waals surface area contributed by atoms with Crippen LogP contribution in [0.1, 0.15) is 43.2 Å². The van der Waals surface area contributed by atoms with Gasteiger partial charge >= 0.3 is 6.03 Å². The van der Waals surface area contributed by atoms with Gasteiger partial charge in [0.05, 0.1) is 22.0 Å². The molecule has 0 atom stereocenters. The molecule has 0 radical (unpaired) electrons. The zero-order valence-electron chi connectivity index (χ0n) is 16.7. The first kappa shape index (κ1) is 19.1. The van der Waals surface area contributed by atoms with Crippen molar-refractivity contribution in [2.45, 2.75) is 39.0 Å². The number of non-ortho nitro benzene ring substituents is 1. The van der Waals surface area contributed by atoms with Crippen LogP contribution in [0.4, 0.5) is 21.9 Å². The van der Waals surface area contributed by atoms with E-state index >= 15 is 0 Å². The van der Waals surface area contributed by atoms with E-state index in [-0.39, 0.29) is 11.7 Å². The van der Waals surface area contributed by atoms with Crippen LogP contribution in [0.15, 0.2) is 47.6 Å². The van der Waals surface area contributed by atoms with E-state index in [1.54, 1.807) is 24.1 Å². The number of benzene rings is 2. The molecule has 150 valence electrons. The number of carbonyl (C=O) groups excluding carboxylic acids is 1. The molecule has 1 aliphatic carbocycles. The summed E-state index contributed by atoms with van der Waals surface area (Å²) in [5.74, 6) is 0.331. The summed E-state index contributed by atoms with van der Waals surface area (Å²) < 4.78 is 0. The van der Waals surface area contributed by atoms with Gasteiger partial charge in [0.2, 0.25) is 0 Å². The van der Waals surface area contributed by atoms with Gasteiger partial charge in [0, 0.05) is 30.7 Å². The number of nitrogens with zero attached hydrogens (tertiary/aromatic N) is 4. The molecule has 0 unspecified atom stereocenters. The zero-order chi connectivity index (χ0) is 20.5. The van der Waals surface area contributed by atoms with E-state index in [0.29, 0.717) is 11.6 Å². The molecule has 2 aliphatic rings. The molecule has 7 heteroatoms. The van der Waals surface area contributed by atoms with Crippen molar-refractivity contribution in [3.63, 3.8) is 0 Å². The van der Waals surface area contributed by atoms with Gasteiger partial charge in [-0.3, -0.25) is 15.0 Å². The van der Waals surface area contributed by atoms with Crippen molar-refractivity contribution in [2.75, 3.05) is 11.9 Å². The topological polar surface area (TPSA) is 79.0 Å². The minimum atomic E-state index is -0.442. The summed E-state index contributed by atoms with van der Waals surface area (Å²) in [7, 11) is 1.67. The maximum atomic E-state index is 13.3. The van der Waals surface area contributed by atoms with Crippen LogP contribution in [0.2, 0.25) is 0 Å². The van der Waals surface area contributed by atoms with Crippen molar-refractivity contribution in [2.24, 2.45) is 11.0 Å². The highest BCUT2D eigenvalue weighted by atomic mass is 16.6. The fraction of sp³-hybridized carbons (Fsp3) is 0.364. The molecule has 1 saturated carbocycles. The van der Waals surface area contributed by atoms with Gasteiger partial charge in [-0.2, -0.15) is 5.10 Å². The molecular weight excluding hydrogens is 368 g/mol. The maximum Gasteiger partial charge on any atom is 0.349 e. The van der Waals surface area contributed by atoms with E-state index in [9.17, 15) is 14.9 Å². The number of urea groups is 1. The van der Waals surface area contributed by atoms with Gasteiger partial charge in [0.15, 0.2) is 0 Å². The molecule has 1 heterocycles. The van der Waals surface area contributed by atoms with Crippen LogP contribution < -0.4 is 4.90 Å². The van der Waals surface area contributed by atoms with Crippen LogP contribution in [0.25, 0.3) is 0 Å². The molecule has 0 spiro atoms. The van der Waals surface area contributed by atoms with Crippen LogP contribution in [0.5, 0.6) is 0 Å². The van der Waals surface area contributed by atoms with Crippen molar-refractivity contribution in [3.05, 3.63) is 63.7 Å². The van der Waals surface area contributed by atoms with E-state index in [0.717, 1.165) is 35.4 Å². The average Bonchev–Trinajstić information content (AvgIpc) is 2.83. The molecule has 1 fully saturated rings. The fourth-order valence-corrected chi connectivity index (χ4v) is 4.20.